The first-order chi connectivity index (χ1) is 61.9. The minimum Gasteiger partial charge on any atom is -0.469 e. The van der Waals surface area contributed by atoms with E-state index in [-0.39, 0.29) is 31.1 Å². The molecule has 9 rings (SSSR count). The number of benzene rings is 9. The summed E-state index contributed by atoms with van der Waals surface area (Å²) in [6.45, 7) is 41.4. The highest BCUT2D eigenvalue weighted by Crippen LogP contribution is 2.25. The van der Waals surface area contributed by atoms with E-state index in [0.717, 1.165) is 45.3 Å². The Morgan fingerprint density at radius 1 is 0.368 bits per heavy atom. The van der Waals surface area contributed by atoms with E-state index < -0.39 is 69.0 Å². The van der Waals surface area contributed by atoms with Gasteiger partial charge in [0.15, 0.2) is 0 Å². The Morgan fingerprint density at radius 3 is 0.669 bits per heavy atom. The number of rotatable bonds is 3. The van der Waals surface area contributed by atoms with Gasteiger partial charge in [-0.15, -0.1) is 0 Å². The first-order valence-corrected chi connectivity index (χ1v) is 53.5. The van der Waals surface area contributed by atoms with Crippen molar-refractivity contribution < 1.29 is 99.3 Å². The van der Waals surface area contributed by atoms with Gasteiger partial charge in [0, 0.05) is 99.0 Å². The number of carbonyl (C=O) groups excluding carboxylic acids is 7. The Bertz CT molecular complexity index is 4200. The van der Waals surface area contributed by atoms with Gasteiger partial charge in [0.2, 0.25) is 31.9 Å². The molecule has 0 saturated carbocycles. The summed E-state index contributed by atoms with van der Waals surface area (Å²) in [6, 6.07) is 69.6. The lowest BCUT2D eigenvalue weighted by Crippen LogP contribution is -2.28. The van der Waals surface area contributed by atoms with Crippen molar-refractivity contribution in [1.82, 2.24) is 36.0 Å². The second kappa shape index (κ2) is 126. The van der Waals surface area contributed by atoms with Crippen molar-refractivity contribution in [2.24, 2.45) is 0 Å². The summed E-state index contributed by atoms with van der Waals surface area (Å²) in [7, 11) is 8.24. The lowest BCUT2D eigenvalue weighted by molar-refractivity contribution is -0.138. The Balaban J connectivity index is -0.0000000663. The highest BCUT2D eigenvalue weighted by atomic mass is 32.2. The van der Waals surface area contributed by atoms with Gasteiger partial charge in [-0.25, -0.2) is 44.4 Å². The van der Waals surface area contributed by atoms with Crippen molar-refractivity contribution in [1.29, 1.82) is 0 Å². The standard InChI is InChI=1S/2C14H10.C10H8.C7H8.C3H8N2O.C3H7NO3S.C3H7NO2.C3H7NO.C3H6O3.C3H6O2.C3H6O.C3H8.C2H7NO2S.C2H7N.C2H6O3S.C2H6O2S.C2H6OS.C2H6O.C2H6S.7C2H6.CH4/c1-3-7-13-11(5-1)9-10-12-6-2-4-8-14(12)13;1-2-6-12-10-14-8-4-3-7-13(14)9-11(12)5-1;1-2-6-10-8-4-3-7-9(10)5-1;1-7-5-3-2-4-6-7;1-4-3(6)5-2;1-3(5)4-8(2,6)7;1-4-3(5)6-2;1-3(5)4-2;1-5-3(4)6-2;1-3(4)5-2;1-3(2)4;1-3-2;1-3-6(2,4)5;1-3-2;1-5-6(2,3)4;1-5(2,3)4;1-4(2)3;2*1-3-2;7*1-2;/h2*1-10H;1-8H;2-6H,1H3;1-2H3,(H2,4,5,6);1-2H3,(H,4,5);1-2H3,(H,4,5);1-2H3,(H,4,5);1-2H3;1-2H3;1-2H3;3H2,1-2H3;3H,1-2H3;3H,1-2H3;1-2H3;1-2H3;1-2H3;2*1-2H3;7*1-2H3;1H4. The fourth-order valence-corrected chi connectivity index (χ4v) is 6.60. The molecule has 9 aromatic rings. The van der Waals surface area contributed by atoms with Crippen LogP contribution in [0.1, 0.15) is 165 Å². The van der Waals surface area contributed by atoms with Gasteiger partial charge in [-0.3, -0.25) is 27.5 Å². The van der Waals surface area contributed by atoms with Crippen LogP contribution in [0.4, 0.5) is 14.4 Å². The van der Waals surface area contributed by atoms with E-state index in [1.54, 1.807) is 64.4 Å². The molecule has 133 heavy (non-hydrogen) atoms. The maximum absolute atomic E-state index is 10.1. The second-order valence-electron chi connectivity index (χ2n) is 22.9. The number of hydrogen-bond acceptors (Lipinski definition) is 24. The van der Waals surface area contributed by atoms with Crippen LogP contribution in [-0.4, -0.2) is 235 Å². The summed E-state index contributed by atoms with van der Waals surface area (Å²) < 4.78 is 117. The van der Waals surface area contributed by atoms with E-state index in [1.165, 1.54) is 136 Å². The summed E-state index contributed by atoms with van der Waals surface area (Å²) in [4.78, 5) is 68.2. The number of methoxy groups -OCH3 is 5. The molecule has 0 fully saturated rings. The molecule has 776 valence electrons. The van der Waals surface area contributed by atoms with E-state index >= 15 is 0 Å². The first kappa shape index (κ1) is 166. The normalized spacial score (nSPS) is 8.41. The van der Waals surface area contributed by atoms with E-state index in [9.17, 15) is 71.4 Å². The fourth-order valence-electron chi connectivity index (χ4n) is 6.08. The van der Waals surface area contributed by atoms with Crippen LogP contribution in [0, 0.1) is 6.92 Å². The molecule has 35 heteroatoms. The fraction of sp³-hybridized carbons (Fsp3) is 0.480. The van der Waals surface area contributed by atoms with Crippen LogP contribution in [0.5, 0.6) is 0 Å². The number of aryl methyl sites for hydroxylation is 1. The molecule has 0 bridgehead atoms. The number of amides is 5. The molecule has 0 aliphatic rings. The average molecular weight is 2000 g/mol. The third kappa shape index (κ3) is 163. The Morgan fingerprint density at radius 2 is 0.564 bits per heavy atom. The number of nitrogens with one attached hydrogen (secondary N) is 7. The molecular weight excluding hydrogens is 1820 g/mol. The lowest BCUT2D eigenvalue weighted by atomic mass is 10.0. The monoisotopic (exact) mass is 2000 g/mol. The number of ketones is 1. The number of hydrogen-bond donors (Lipinski definition) is 7. The number of ether oxygens (including phenoxy) is 5. The number of thioether (sulfide) groups is 1. The Hall–Kier alpha value is -9.69. The average Bonchev–Trinajstić information content (AvgIpc) is 0.804. The van der Waals surface area contributed by atoms with Crippen LogP contribution < -0.4 is 36.0 Å². The van der Waals surface area contributed by atoms with E-state index in [1.807, 2.05) is 142 Å². The van der Waals surface area contributed by atoms with Crippen molar-refractivity contribution in [3.63, 3.8) is 0 Å². The molecule has 0 aliphatic heterocycles. The molecule has 29 nitrogen and oxygen atoms in total. The number of urea groups is 1. The number of sulfone groups is 1. The molecule has 0 aliphatic carbocycles. The van der Waals surface area contributed by atoms with E-state index in [4.69, 9.17) is 0 Å². The molecule has 0 unspecified atom stereocenters. The second-order valence-corrected chi connectivity index (χ2v) is 32.9. The number of sulfonamides is 2. The third-order valence-electron chi connectivity index (χ3n) is 10.7. The highest BCUT2D eigenvalue weighted by Gasteiger charge is 2.01. The molecular formula is C98H181N7O22S6. The van der Waals surface area contributed by atoms with Crippen LogP contribution in [0.25, 0.3) is 53.9 Å². The van der Waals surface area contributed by atoms with Crippen molar-refractivity contribution >= 4 is 158 Å². The number of esters is 1. The summed E-state index contributed by atoms with van der Waals surface area (Å²) in [5, 5.41) is 25.3. The minimum atomic E-state index is -3.32. The number of Topliss-reactive ketones (excluding diaryl/α,β-unsaturated/α-hetero) is 1. The molecule has 7 N–H and O–H groups in total. The van der Waals surface area contributed by atoms with Crippen molar-refractivity contribution in [3.8, 4) is 0 Å². The maximum atomic E-state index is 10.1. The number of carbonyl (C=O) groups is 7. The van der Waals surface area contributed by atoms with Gasteiger partial charge in [0.05, 0.1) is 54.3 Å². The maximum Gasteiger partial charge on any atom is 0.507 e. The molecule has 0 saturated heterocycles. The van der Waals surface area contributed by atoms with Crippen molar-refractivity contribution in [2.75, 3.05) is 155 Å². The van der Waals surface area contributed by atoms with E-state index in [2.05, 4.69) is 262 Å². The van der Waals surface area contributed by atoms with Gasteiger partial charge in [-0.2, -0.15) is 20.2 Å². The zero-order chi connectivity index (χ0) is 108. The largest absolute Gasteiger partial charge is 0.507 e. The van der Waals surface area contributed by atoms with Crippen LogP contribution >= 0.6 is 11.8 Å². The van der Waals surface area contributed by atoms with Gasteiger partial charge in [0.25, 0.3) is 10.1 Å². The number of alkyl carbamates (subject to hydrolysis) is 1. The predicted molar refractivity (Wildman–Crippen MR) is 581 cm³/mol. The van der Waals surface area contributed by atoms with Gasteiger partial charge >= 0.3 is 24.2 Å². The zero-order valence-electron chi connectivity index (χ0n) is 88.7. The number of fused-ring (bicyclic) bond motifs is 6. The molecule has 0 spiro atoms. The summed E-state index contributed by atoms with van der Waals surface area (Å²) in [6.07, 6.45) is 12.9. The first-order valence-electron chi connectivity index (χ1n) is 42.0. The van der Waals surface area contributed by atoms with Crippen LogP contribution in [-0.2, 0) is 97.8 Å². The van der Waals surface area contributed by atoms with Gasteiger partial charge in [0.1, 0.15) is 15.6 Å². The van der Waals surface area contributed by atoms with Gasteiger partial charge in [-0.05, 0) is 120 Å². The third-order valence-corrected chi connectivity index (χ3v) is 12.7. The Kier molecular flexibility index (Phi) is 158. The molecule has 0 radical (unpaired) electrons. The molecule has 0 atom stereocenters. The quantitative estimate of drug-likeness (QED) is 0.0284. The SMILES string of the molecule is C.CC.CC.CC.CC.CC.CC.CC.CC(=O)NS(C)(=O)=O.CC(C)=O.CCC.CNC.CNC(=O)NC.CNC(=O)OC.CNC(C)=O.CNS(C)(=O)=O.COC.COC(=O)OC.COC(C)=O.COS(C)(=O)=O.CS(C)(=O)=O.CS(C)=O.CSC.Cc1ccccc1.c1ccc2c(c1)ccc1ccccc12.c1ccc2cc3ccccc3cc2c1.c1ccc2ccccc2c1. The van der Waals surface area contributed by atoms with Crippen LogP contribution in [0.15, 0.2) is 200 Å². The van der Waals surface area contributed by atoms with Crippen molar-refractivity contribution in [2.45, 2.75) is 166 Å². The minimum absolute atomic E-state index is 0. The lowest BCUT2D eigenvalue weighted by Gasteiger charge is -2.02. The van der Waals surface area contributed by atoms with Gasteiger partial charge < -0.3 is 55.1 Å². The molecule has 0 aromatic heterocycles. The zero-order valence-corrected chi connectivity index (χ0v) is 93.6. The molecule has 9 aromatic carbocycles. The molecule has 5 amide bonds. The van der Waals surface area contributed by atoms with Crippen molar-refractivity contribution in [3.05, 3.63) is 206 Å². The smallest absolute Gasteiger partial charge is 0.469 e. The summed E-state index contributed by atoms with van der Waals surface area (Å²) in [5.74, 6) is -0.637. The van der Waals surface area contributed by atoms with Gasteiger partial charge in [-0.1, -0.05) is 318 Å². The highest BCUT2D eigenvalue weighted by molar-refractivity contribution is 7.97. The topological polar surface area (TPSA) is 413 Å². The summed E-state index contributed by atoms with van der Waals surface area (Å²) >= 11 is 1.75. The van der Waals surface area contributed by atoms with Crippen LogP contribution in [0.2, 0.25) is 0 Å². The Labute approximate surface area is 815 Å². The summed E-state index contributed by atoms with van der Waals surface area (Å²) in [5.41, 5.74) is 1.32. The predicted octanol–water partition coefficient (Wildman–Crippen LogP) is 21.1. The van der Waals surface area contributed by atoms with E-state index in [0.29, 0.717) is 0 Å². The molecule has 0 heterocycles. The van der Waals surface area contributed by atoms with Crippen LogP contribution in [0.3, 0.4) is 0 Å².